The van der Waals surface area contributed by atoms with Gasteiger partial charge in [-0.1, -0.05) is 43.5 Å². The lowest BCUT2D eigenvalue weighted by Crippen LogP contribution is -2.26. The number of nitrogens with zero attached hydrogens (tertiary/aromatic N) is 4. The number of fused-ring (bicyclic) bond motifs is 1. The number of anilines is 1. The molecule has 9 heteroatoms. The summed E-state index contributed by atoms with van der Waals surface area (Å²) in [7, 11) is 0. The van der Waals surface area contributed by atoms with Crippen molar-refractivity contribution in [1.82, 2.24) is 15.0 Å². The highest BCUT2D eigenvalue weighted by molar-refractivity contribution is 7.99. The molecule has 0 aliphatic carbocycles. The third-order valence-corrected chi connectivity index (χ3v) is 4.78. The topological polar surface area (TPSA) is 41.9 Å². The summed E-state index contributed by atoms with van der Waals surface area (Å²) in [5, 5.41) is 0.0332. The van der Waals surface area contributed by atoms with E-state index < -0.39 is 5.82 Å². The Morgan fingerprint density at radius 1 is 1.09 bits per heavy atom. The van der Waals surface area contributed by atoms with Crippen LogP contribution in [0.2, 0.25) is 15.6 Å². The summed E-state index contributed by atoms with van der Waals surface area (Å²) in [5.74, 6) is 1.39. The number of thioether (sulfide) groups is 1. The Labute approximate surface area is 153 Å². The average molecular weight is 398 g/mol. The van der Waals surface area contributed by atoms with Gasteiger partial charge in [0.25, 0.3) is 0 Å². The summed E-state index contributed by atoms with van der Waals surface area (Å²) >= 11 is 19.6. The molecular formula is C14H16Cl3FN4S. The van der Waals surface area contributed by atoms with Gasteiger partial charge in [0.15, 0.2) is 11.0 Å². The highest BCUT2D eigenvalue weighted by Crippen LogP contribution is 2.35. The molecule has 2 aromatic heterocycles. The lowest BCUT2D eigenvalue weighted by atomic mass is 10.2. The SMILES string of the molecule is CCCCN(CSCC)c1nc(Cl)nc2c(F)c(Cl)nc(Cl)c12. The molecular weight excluding hydrogens is 382 g/mol. The van der Waals surface area contributed by atoms with Crippen molar-refractivity contribution < 1.29 is 4.39 Å². The van der Waals surface area contributed by atoms with Crippen LogP contribution in [0.15, 0.2) is 0 Å². The fourth-order valence-electron chi connectivity index (χ4n) is 2.07. The molecule has 0 unspecified atom stereocenters. The Kier molecular flexibility index (Phi) is 6.95. The number of rotatable bonds is 7. The normalized spacial score (nSPS) is 11.2. The van der Waals surface area contributed by atoms with Crippen molar-refractivity contribution in [1.29, 1.82) is 0 Å². The molecule has 0 radical (unpaired) electrons. The van der Waals surface area contributed by atoms with Crippen molar-refractivity contribution >= 4 is 63.3 Å². The molecule has 0 aromatic carbocycles. The summed E-state index contributed by atoms with van der Waals surface area (Å²) in [4.78, 5) is 14.1. The van der Waals surface area contributed by atoms with Gasteiger partial charge in [0.2, 0.25) is 5.28 Å². The first-order valence-electron chi connectivity index (χ1n) is 7.20. The second-order valence-corrected chi connectivity index (χ2v) is 7.08. The van der Waals surface area contributed by atoms with E-state index in [1.165, 1.54) is 0 Å². The molecule has 0 aliphatic rings. The van der Waals surface area contributed by atoms with Crippen LogP contribution in [0, 0.1) is 5.82 Å². The minimum Gasteiger partial charge on any atom is -0.347 e. The van der Waals surface area contributed by atoms with Gasteiger partial charge in [0.05, 0.1) is 11.3 Å². The molecule has 0 bridgehead atoms. The maximum absolute atomic E-state index is 14.3. The van der Waals surface area contributed by atoms with Crippen LogP contribution in [0.4, 0.5) is 10.2 Å². The monoisotopic (exact) mass is 396 g/mol. The predicted octanol–water partition coefficient (Wildman–Crippen LogP) is 5.44. The number of unbranched alkanes of at least 4 members (excludes halogenated alkanes) is 1. The van der Waals surface area contributed by atoms with Crippen LogP contribution in [0.5, 0.6) is 0 Å². The van der Waals surface area contributed by atoms with Crippen LogP contribution >= 0.6 is 46.6 Å². The van der Waals surface area contributed by atoms with Crippen LogP contribution < -0.4 is 4.90 Å². The van der Waals surface area contributed by atoms with Crippen LogP contribution in [-0.4, -0.2) is 33.1 Å². The molecule has 0 aliphatic heterocycles. The van der Waals surface area contributed by atoms with E-state index in [0.29, 0.717) is 17.1 Å². The third kappa shape index (κ3) is 4.29. The Morgan fingerprint density at radius 2 is 1.83 bits per heavy atom. The molecule has 2 aromatic rings. The van der Waals surface area contributed by atoms with Crippen LogP contribution in [0.1, 0.15) is 26.7 Å². The van der Waals surface area contributed by atoms with Gasteiger partial charge in [-0.2, -0.15) is 4.98 Å². The van der Waals surface area contributed by atoms with Crippen LogP contribution in [0.25, 0.3) is 10.9 Å². The molecule has 0 atom stereocenters. The second kappa shape index (κ2) is 8.51. The zero-order valence-corrected chi connectivity index (χ0v) is 15.8. The van der Waals surface area contributed by atoms with Gasteiger partial charge in [-0.15, -0.1) is 11.8 Å². The van der Waals surface area contributed by atoms with Gasteiger partial charge in [-0.3, -0.25) is 0 Å². The Bertz CT molecular complexity index is 694. The predicted molar refractivity (Wildman–Crippen MR) is 97.6 cm³/mol. The van der Waals surface area contributed by atoms with Crippen molar-refractivity contribution in [2.75, 3.05) is 23.1 Å². The van der Waals surface area contributed by atoms with E-state index in [4.69, 9.17) is 34.8 Å². The summed E-state index contributed by atoms with van der Waals surface area (Å²) in [6.45, 7) is 4.93. The number of hydrogen-bond donors (Lipinski definition) is 0. The number of pyridine rings is 1. The van der Waals surface area contributed by atoms with Gasteiger partial charge in [-0.05, 0) is 23.8 Å². The quantitative estimate of drug-likeness (QED) is 0.353. The lowest BCUT2D eigenvalue weighted by molar-refractivity contribution is 0.631. The fraction of sp³-hybridized carbons (Fsp3) is 0.500. The van der Waals surface area contributed by atoms with Crippen molar-refractivity contribution in [3.05, 3.63) is 21.4 Å². The first-order valence-corrected chi connectivity index (χ1v) is 9.48. The Balaban J connectivity index is 2.62. The zero-order chi connectivity index (χ0) is 17.0. The van der Waals surface area contributed by atoms with Crippen LogP contribution in [-0.2, 0) is 0 Å². The molecule has 2 heterocycles. The van der Waals surface area contributed by atoms with Crippen molar-refractivity contribution in [2.24, 2.45) is 0 Å². The van der Waals surface area contributed by atoms with E-state index >= 15 is 0 Å². The van der Waals surface area contributed by atoms with E-state index in [0.717, 1.165) is 25.1 Å². The zero-order valence-electron chi connectivity index (χ0n) is 12.7. The minimum absolute atomic E-state index is 0.00648. The second-order valence-electron chi connectivity index (χ2n) is 4.79. The van der Waals surface area contributed by atoms with Crippen LogP contribution in [0.3, 0.4) is 0 Å². The number of aromatic nitrogens is 3. The summed E-state index contributed by atoms with van der Waals surface area (Å²) in [6, 6.07) is 0. The largest absolute Gasteiger partial charge is 0.347 e. The maximum Gasteiger partial charge on any atom is 0.225 e. The molecule has 0 saturated carbocycles. The molecule has 0 N–H and O–H groups in total. The highest BCUT2D eigenvalue weighted by atomic mass is 35.5. The van der Waals surface area contributed by atoms with Gasteiger partial charge in [0, 0.05) is 6.54 Å². The van der Waals surface area contributed by atoms with E-state index in [2.05, 4.69) is 28.8 Å². The summed E-state index contributed by atoms with van der Waals surface area (Å²) in [5.41, 5.74) is -0.00648. The Morgan fingerprint density at radius 3 is 2.48 bits per heavy atom. The Hall–Kier alpha value is -0.560. The van der Waals surface area contributed by atoms with E-state index in [-0.39, 0.29) is 21.1 Å². The van der Waals surface area contributed by atoms with Crippen molar-refractivity contribution in [2.45, 2.75) is 26.7 Å². The molecule has 0 saturated heterocycles. The summed E-state index contributed by atoms with van der Waals surface area (Å²) in [6.07, 6.45) is 1.99. The molecule has 0 amide bonds. The highest BCUT2D eigenvalue weighted by Gasteiger charge is 2.21. The molecule has 2 rings (SSSR count). The first-order chi connectivity index (χ1) is 11.0. The van der Waals surface area contributed by atoms with E-state index in [1.807, 2.05) is 4.90 Å². The number of halogens is 4. The molecule has 0 fully saturated rings. The lowest BCUT2D eigenvalue weighted by Gasteiger charge is -2.24. The maximum atomic E-state index is 14.3. The smallest absolute Gasteiger partial charge is 0.225 e. The molecule has 126 valence electrons. The first kappa shape index (κ1) is 18.8. The van der Waals surface area contributed by atoms with Gasteiger partial charge >= 0.3 is 0 Å². The molecule has 0 spiro atoms. The number of hydrogen-bond acceptors (Lipinski definition) is 5. The van der Waals surface area contributed by atoms with Gasteiger partial charge in [0.1, 0.15) is 16.5 Å². The van der Waals surface area contributed by atoms with E-state index in [9.17, 15) is 4.39 Å². The van der Waals surface area contributed by atoms with Crippen molar-refractivity contribution in [3.8, 4) is 0 Å². The standard InChI is InChI=1S/C14H16Cl3FN4S/c1-3-5-6-22(7-23-4-2)13-8-10(19-14(17)21-13)9(18)12(16)20-11(8)15/h3-7H2,1-2H3. The minimum atomic E-state index is -0.741. The summed E-state index contributed by atoms with van der Waals surface area (Å²) < 4.78 is 14.3. The van der Waals surface area contributed by atoms with Gasteiger partial charge in [-0.25, -0.2) is 14.4 Å². The van der Waals surface area contributed by atoms with Gasteiger partial charge < -0.3 is 4.90 Å². The van der Waals surface area contributed by atoms with E-state index in [1.54, 1.807) is 11.8 Å². The molecule has 23 heavy (non-hydrogen) atoms. The van der Waals surface area contributed by atoms with Crippen molar-refractivity contribution in [3.63, 3.8) is 0 Å². The average Bonchev–Trinajstić information content (AvgIpc) is 2.52. The fourth-order valence-corrected chi connectivity index (χ4v) is 3.37. The molecule has 4 nitrogen and oxygen atoms in total. The third-order valence-electron chi connectivity index (χ3n) is 3.19.